The normalized spacial score (nSPS) is 9.38. The van der Waals surface area contributed by atoms with Crippen LogP contribution in [0.4, 0.5) is 0 Å². The first-order valence-corrected chi connectivity index (χ1v) is 9.47. The number of rotatable bonds is 6. The molecule has 0 bridgehead atoms. The molecular weight excluding hydrogens is 428 g/mol. The Balaban J connectivity index is 0.00000166. The highest BCUT2D eigenvalue weighted by Gasteiger charge is 2.23. The molecule has 0 aliphatic carbocycles. The number of primary amides is 1. The molecule has 168 valence electrons. The Kier molecular flexibility index (Phi) is 9.99. The summed E-state index contributed by atoms with van der Waals surface area (Å²) >= 11 is 2.83. The molecule has 2 N–H and O–H groups in total. The number of nitrogens with zero attached hydrogens (tertiary/aromatic N) is 3. The molecule has 1 aromatic heterocycles. The highest BCUT2D eigenvalue weighted by atomic mass is 32.1. The fourth-order valence-corrected chi connectivity index (χ4v) is 3.02. The maximum Gasteiger partial charge on any atom is 0.287 e. The van der Waals surface area contributed by atoms with Crippen molar-refractivity contribution >= 4 is 18.4 Å². The highest BCUT2D eigenvalue weighted by molar-refractivity contribution is 7.44. The summed E-state index contributed by atoms with van der Waals surface area (Å²) in [6.07, 6.45) is 0.498. The topological polar surface area (TPSA) is 109 Å². The van der Waals surface area contributed by atoms with E-state index in [1.165, 1.54) is 0 Å². The molecule has 9 heteroatoms. The molecule has 3 aromatic rings. The zero-order chi connectivity index (χ0) is 23.0. The number of carbonyl (C=O) groups is 1. The highest BCUT2D eigenvalue weighted by Crippen LogP contribution is 2.36. The third-order valence-corrected chi connectivity index (χ3v) is 4.47. The van der Waals surface area contributed by atoms with Gasteiger partial charge in [-0.15, -0.1) is 16.1 Å². The third kappa shape index (κ3) is 5.47. The lowest BCUT2D eigenvalue weighted by molar-refractivity contribution is 0.0988. The van der Waals surface area contributed by atoms with Crippen molar-refractivity contribution < 1.29 is 18.5 Å². The molecule has 0 fully saturated rings. The molecule has 2 aromatic carbocycles. The summed E-state index contributed by atoms with van der Waals surface area (Å²) in [7, 11) is 3.16. The van der Waals surface area contributed by atoms with Crippen molar-refractivity contribution in [2.24, 2.45) is 5.73 Å². The van der Waals surface area contributed by atoms with Crippen LogP contribution in [-0.4, -0.2) is 39.1 Å². The zero-order valence-corrected chi connectivity index (χ0v) is 18.4. The summed E-state index contributed by atoms with van der Waals surface area (Å²) in [5.74, 6) is 6.92. The number of nitrogens with two attached hydrogens (primary N) is 1. The summed E-state index contributed by atoms with van der Waals surface area (Å²) in [6, 6.07) is 11.3. The lowest BCUT2D eigenvalue weighted by Crippen LogP contribution is -2.18. The van der Waals surface area contributed by atoms with Crippen molar-refractivity contribution in [1.29, 1.82) is 0 Å². The molecule has 0 aliphatic heterocycles. The van der Waals surface area contributed by atoms with Crippen LogP contribution in [0.5, 0.6) is 11.5 Å². The van der Waals surface area contributed by atoms with Gasteiger partial charge in [0.05, 0.1) is 19.8 Å². The van der Waals surface area contributed by atoms with Gasteiger partial charge in [-0.1, -0.05) is 31.0 Å². The second-order valence-electron chi connectivity index (χ2n) is 6.35. The molecule has 0 aliphatic rings. The van der Waals surface area contributed by atoms with Gasteiger partial charge in [0.25, 0.3) is 5.91 Å². The van der Waals surface area contributed by atoms with E-state index in [0.29, 0.717) is 29.3 Å². The first kappa shape index (κ1) is 26.3. The number of carbonyl (C=O) groups excluding carboxylic acids is 1. The molecule has 0 saturated carbocycles. The monoisotopic (exact) mass is 454 g/mol. The van der Waals surface area contributed by atoms with E-state index >= 15 is 0 Å². The summed E-state index contributed by atoms with van der Waals surface area (Å²) in [5, 5.41) is 8.27. The second kappa shape index (κ2) is 12.2. The van der Waals surface area contributed by atoms with Gasteiger partial charge in [0.2, 0.25) is 5.82 Å². The van der Waals surface area contributed by atoms with Crippen LogP contribution in [0.25, 0.3) is 17.1 Å². The van der Waals surface area contributed by atoms with Crippen LogP contribution >= 0.6 is 0 Å². The first-order valence-electron chi connectivity index (χ1n) is 9.14. The average Bonchev–Trinajstić information content (AvgIpc) is 3.24. The Bertz CT molecular complexity index is 1130. The second-order valence-corrected chi connectivity index (χ2v) is 6.35. The Morgan fingerprint density at radius 2 is 1.72 bits per heavy atom. The van der Waals surface area contributed by atoms with Crippen molar-refractivity contribution in [2.75, 3.05) is 14.2 Å². The van der Waals surface area contributed by atoms with Crippen LogP contribution in [0.1, 0.15) is 36.1 Å². The molecular formula is C23H26N4O4S. The van der Waals surface area contributed by atoms with E-state index in [4.69, 9.17) is 19.4 Å². The minimum Gasteiger partial charge on any atom is -0.496 e. The van der Waals surface area contributed by atoms with Gasteiger partial charge < -0.3 is 15.2 Å². The van der Waals surface area contributed by atoms with E-state index in [2.05, 4.69) is 34.6 Å². The molecule has 3 rings (SSSR count). The zero-order valence-electron chi connectivity index (χ0n) is 17.6. The number of hydrogen-bond donors (Lipinski definition) is 1. The quantitative estimate of drug-likeness (QED) is 0.570. The van der Waals surface area contributed by atoms with Gasteiger partial charge in [-0.3, -0.25) is 9.36 Å². The van der Waals surface area contributed by atoms with Gasteiger partial charge in [0, 0.05) is 23.7 Å². The molecule has 32 heavy (non-hydrogen) atoms. The van der Waals surface area contributed by atoms with Crippen LogP contribution < -0.4 is 15.2 Å². The van der Waals surface area contributed by atoms with E-state index in [0.717, 1.165) is 16.8 Å². The van der Waals surface area contributed by atoms with Gasteiger partial charge in [-0.25, -0.2) is 0 Å². The smallest absolute Gasteiger partial charge is 0.287 e. The van der Waals surface area contributed by atoms with Crippen molar-refractivity contribution in [3.05, 3.63) is 53.3 Å². The van der Waals surface area contributed by atoms with E-state index in [1.807, 2.05) is 37.3 Å². The SMILES string of the molecule is C.CC#CCc1cc(-c2nnc(C(N)=O)n2-c2ccc(C)cc2)c(OC)cc1OC.O=S. The van der Waals surface area contributed by atoms with Gasteiger partial charge in [-0.05, 0) is 32.0 Å². The fraction of sp³-hybridized carbons (Fsp3) is 0.261. The fourth-order valence-electron chi connectivity index (χ4n) is 3.02. The Hall–Kier alpha value is -3.77. The number of aromatic nitrogens is 3. The summed E-state index contributed by atoms with van der Waals surface area (Å²) in [6.45, 7) is 3.77. The molecule has 1 heterocycles. The van der Waals surface area contributed by atoms with E-state index in [-0.39, 0.29) is 13.3 Å². The summed E-state index contributed by atoms with van der Waals surface area (Å²) in [5.41, 5.74) is 8.89. The number of aryl methyl sites for hydroxylation is 1. The Labute approximate surface area is 193 Å². The number of amides is 1. The van der Waals surface area contributed by atoms with Crippen molar-refractivity contribution in [2.45, 2.75) is 27.7 Å². The van der Waals surface area contributed by atoms with Crippen LogP contribution in [0, 0.1) is 18.8 Å². The van der Waals surface area contributed by atoms with Gasteiger partial charge in [0.1, 0.15) is 11.5 Å². The van der Waals surface area contributed by atoms with Crippen molar-refractivity contribution in [3.63, 3.8) is 0 Å². The van der Waals surface area contributed by atoms with Crippen LogP contribution in [-0.2, 0) is 19.0 Å². The van der Waals surface area contributed by atoms with Crippen molar-refractivity contribution in [1.82, 2.24) is 14.8 Å². The largest absolute Gasteiger partial charge is 0.496 e. The molecule has 0 unspecified atom stereocenters. The number of benzene rings is 2. The molecule has 1 amide bonds. The third-order valence-electron chi connectivity index (χ3n) is 4.47. The lowest BCUT2D eigenvalue weighted by atomic mass is 10.0. The van der Waals surface area contributed by atoms with Gasteiger partial charge >= 0.3 is 0 Å². The average molecular weight is 455 g/mol. The van der Waals surface area contributed by atoms with E-state index in [1.54, 1.807) is 31.8 Å². The molecule has 0 spiro atoms. The molecule has 0 atom stereocenters. The number of hydrogen-bond acceptors (Lipinski definition) is 7. The predicted molar refractivity (Wildman–Crippen MR) is 125 cm³/mol. The predicted octanol–water partition coefficient (Wildman–Crippen LogP) is 3.22. The number of methoxy groups -OCH3 is 2. The van der Waals surface area contributed by atoms with Gasteiger partial charge in [-0.2, -0.15) is 4.21 Å². The Morgan fingerprint density at radius 3 is 2.25 bits per heavy atom. The lowest BCUT2D eigenvalue weighted by Gasteiger charge is -2.15. The molecule has 8 nitrogen and oxygen atoms in total. The maximum atomic E-state index is 12.0. The standard InChI is InChI=1S/C22H22N4O3.CH4.OS/c1-5-6-7-15-12-17(19(29-4)13-18(15)28-3)21-24-25-22(20(23)27)26(21)16-10-8-14(2)9-11-16;;1-2/h8-13H,7H2,1-4H3,(H2,23,27);1H4;. The van der Waals surface area contributed by atoms with Crippen LogP contribution in [0.3, 0.4) is 0 Å². The van der Waals surface area contributed by atoms with Crippen LogP contribution in [0.15, 0.2) is 36.4 Å². The van der Waals surface area contributed by atoms with E-state index in [9.17, 15) is 4.79 Å². The van der Waals surface area contributed by atoms with Crippen molar-refractivity contribution in [3.8, 4) is 40.4 Å². The summed E-state index contributed by atoms with van der Waals surface area (Å²) in [4.78, 5) is 12.0. The Morgan fingerprint density at radius 1 is 1.09 bits per heavy atom. The summed E-state index contributed by atoms with van der Waals surface area (Å²) < 4.78 is 20.5. The number of ether oxygens (including phenoxy) is 2. The first-order chi connectivity index (χ1) is 15.0. The minimum atomic E-state index is -0.672. The van der Waals surface area contributed by atoms with E-state index < -0.39 is 5.91 Å². The maximum absolute atomic E-state index is 12.0. The molecule has 0 radical (unpaired) electrons. The molecule has 0 saturated heterocycles. The minimum absolute atomic E-state index is 0. The van der Waals surface area contributed by atoms with Gasteiger partial charge in [0.15, 0.2) is 18.4 Å². The van der Waals surface area contributed by atoms with Crippen LogP contribution in [0.2, 0.25) is 0 Å².